The number of carboxylic acids is 1. The highest BCUT2D eigenvalue weighted by molar-refractivity contribution is 6.31. The molecule has 0 bridgehead atoms. The predicted octanol–water partition coefficient (Wildman–Crippen LogP) is 2.88. The maximum atomic E-state index is 12.3. The van der Waals surface area contributed by atoms with Crippen molar-refractivity contribution in [3.05, 3.63) is 34.9 Å². The molecule has 0 radical (unpaired) electrons. The number of benzene rings is 1. The number of carbonyl (C=O) groups excluding carboxylic acids is 1. The van der Waals surface area contributed by atoms with Gasteiger partial charge in [-0.25, -0.2) is 4.79 Å². The van der Waals surface area contributed by atoms with Crippen molar-refractivity contribution in [1.29, 1.82) is 0 Å². The molecular formula is C17H21ClN2O3. The number of carboxylic acid groups (broad SMARTS) is 1. The highest BCUT2D eigenvalue weighted by Crippen LogP contribution is 2.49. The molecule has 1 saturated heterocycles. The molecule has 1 aromatic carbocycles. The molecule has 0 atom stereocenters. The maximum absolute atomic E-state index is 12.3. The van der Waals surface area contributed by atoms with Gasteiger partial charge in [-0.15, -0.1) is 0 Å². The van der Waals surface area contributed by atoms with Gasteiger partial charge in [0.05, 0.1) is 5.92 Å². The summed E-state index contributed by atoms with van der Waals surface area (Å²) < 4.78 is 0. The molecule has 124 valence electrons. The SMILES string of the molecule is O=C(O)C1CCN(C(=O)NCC2(c3ccccc3Cl)CC2)CC1. The Morgan fingerprint density at radius 3 is 2.48 bits per heavy atom. The van der Waals surface area contributed by atoms with Crippen LogP contribution >= 0.6 is 11.6 Å². The number of rotatable bonds is 4. The molecular weight excluding hydrogens is 316 g/mol. The van der Waals surface area contributed by atoms with Gasteiger partial charge in [-0.2, -0.15) is 0 Å². The number of amides is 2. The van der Waals surface area contributed by atoms with Crippen LogP contribution in [-0.4, -0.2) is 41.6 Å². The lowest BCUT2D eigenvalue weighted by molar-refractivity contribution is -0.143. The minimum absolute atomic E-state index is 0.0343. The van der Waals surface area contributed by atoms with Crippen LogP contribution in [0.25, 0.3) is 0 Å². The van der Waals surface area contributed by atoms with E-state index >= 15 is 0 Å². The van der Waals surface area contributed by atoms with Crippen LogP contribution in [0.4, 0.5) is 4.79 Å². The molecule has 5 nitrogen and oxygen atoms in total. The number of likely N-dealkylation sites (tertiary alicyclic amines) is 1. The van der Waals surface area contributed by atoms with Gasteiger partial charge in [0, 0.05) is 30.1 Å². The largest absolute Gasteiger partial charge is 0.481 e. The average Bonchev–Trinajstić information content (AvgIpc) is 3.34. The molecule has 2 fully saturated rings. The Morgan fingerprint density at radius 2 is 1.91 bits per heavy atom. The highest BCUT2D eigenvalue weighted by Gasteiger charge is 2.45. The number of hydrogen-bond donors (Lipinski definition) is 2. The zero-order valence-electron chi connectivity index (χ0n) is 12.9. The molecule has 2 N–H and O–H groups in total. The van der Waals surface area contributed by atoms with Crippen LogP contribution in [0.5, 0.6) is 0 Å². The van der Waals surface area contributed by atoms with Gasteiger partial charge in [-0.05, 0) is 37.3 Å². The third-order valence-corrected chi connectivity index (χ3v) is 5.34. The topological polar surface area (TPSA) is 69.6 Å². The second-order valence-corrected chi connectivity index (χ2v) is 6.93. The molecule has 3 rings (SSSR count). The van der Waals surface area contributed by atoms with E-state index in [1.54, 1.807) is 4.90 Å². The quantitative estimate of drug-likeness (QED) is 0.888. The van der Waals surface area contributed by atoms with Gasteiger partial charge in [-0.3, -0.25) is 4.79 Å². The van der Waals surface area contributed by atoms with Gasteiger partial charge in [0.15, 0.2) is 0 Å². The van der Waals surface area contributed by atoms with Crippen molar-refractivity contribution in [2.45, 2.75) is 31.1 Å². The zero-order valence-corrected chi connectivity index (χ0v) is 13.7. The fourth-order valence-corrected chi connectivity index (χ4v) is 3.61. The second-order valence-electron chi connectivity index (χ2n) is 6.52. The van der Waals surface area contributed by atoms with Gasteiger partial charge in [0.2, 0.25) is 0 Å². The summed E-state index contributed by atoms with van der Waals surface area (Å²) in [5, 5.41) is 12.8. The van der Waals surface area contributed by atoms with Crippen molar-refractivity contribution >= 4 is 23.6 Å². The first-order valence-electron chi connectivity index (χ1n) is 8.02. The summed E-state index contributed by atoms with van der Waals surface area (Å²) >= 11 is 6.28. The Kier molecular flexibility index (Phi) is 4.48. The lowest BCUT2D eigenvalue weighted by Crippen LogP contribution is -2.47. The molecule has 1 aliphatic heterocycles. The van der Waals surface area contributed by atoms with E-state index in [1.807, 2.05) is 24.3 Å². The minimum atomic E-state index is -0.763. The van der Waals surface area contributed by atoms with E-state index in [-0.39, 0.29) is 17.4 Å². The van der Waals surface area contributed by atoms with E-state index in [4.69, 9.17) is 16.7 Å². The Morgan fingerprint density at radius 1 is 1.26 bits per heavy atom. The Hall–Kier alpha value is -1.75. The molecule has 0 unspecified atom stereocenters. The first-order chi connectivity index (χ1) is 11.0. The fourth-order valence-electron chi connectivity index (χ4n) is 3.27. The smallest absolute Gasteiger partial charge is 0.317 e. The fraction of sp³-hybridized carbons (Fsp3) is 0.529. The summed E-state index contributed by atoms with van der Waals surface area (Å²) in [6.45, 7) is 1.58. The van der Waals surface area contributed by atoms with Crippen LogP contribution in [0.15, 0.2) is 24.3 Å². The van der Waals surface area contributed by atoms with Crippen molar-refractivity contribution < 1.29 is 14.7 Å². The third-order valence-electron chi connectivity index (χ3n) is 5.01. The van der Waals surface area contributed by atoms with E-state index < -0.39 is 5.97 Å². The third kappa shape index (κ3) is 3.44. The van der Waals surface area contributed by atoms with Crippen molar-refractivity contribution in [2.75, 3.05) is 19.6 Å². The number of piperidine rings is 1. The molecule has 0 spiro atoms. The minimum Gasteiger partial charge on any atom is -0.481 e. The van der Waals surface area contributed by atoms with Gasteiger partial charge < -0.3 is 15.3 Å². The van der Waals surface area contributed by atoms with Gasteiger partial charge in [0.25, 0.3) is 0 Å². The molecule has 6 heteroatoms. The van der Waals surface area contributed by atoms with Crippen LogP contribution in [0, 0.1) is 5.92 Å². The summed E-state index contributed by atoms with van der Waals surface area (Å²) in [6.07, 6.45) is 3.10. The molecule has 23 heavy (non-hydrogen) atoms. The molecule has 1 aliphatic carbocycles. The lowest BCUT2D eigenvalue weighted by Gasteiger charge is -2.31. The Bertz CT molecular complexity index is 608. The van der Waals surface area contributed by atoms with Gasteiger partial charge in [-0.1, -0.05) is 29.8 Å². The summed E-state index contributed by atoms with van der Waals surface area (Å²) in [6, 6.07) is 7.69. The van der Waals surface area contributed by atoms with Crippen LogP contribution in [0.3, 0.4) is 0 Å². The molecule has 2 aliphatic rings. The number of nitrogens with zero attached hydrogens (tertiary/aromatic N) is 1. The summed E-state index contributed by atoms with van der Waals surface area (Å²) in [7, 11) is 0. The van der Waals surface area contributed by atoms with Crippen LogP contribution < -0.4 is 5.32 Å². The number of halogens is 1. The van der Waals surface area contributed by atoms with Crippen molar-refractivity contribution in [3.63, 3.8) is 0 Å². The maximum Gasteiger partial charge on any atom is 0.317 e. The summed E-state index contributed by atoms with van der Waals surface area (Å²) in [4.78, 5) is 25.0. The molecule has 1 aromatic rings. The number of urea groups is 1. The summed E-state index contributed by atoms with van der Waals surface area (Å²) in [5.74, 6) is -1.09. The number of hydrogen-bond acceptors (Lipinski definition) is 2. The van der Waals surface area contributed by atoms with E-state index in [2.05, 4.69) is 5.32 Å². The Labute approximate surface area is 140 Å². The van der Waals surface area contributed by atoms with Crippen molar-refractivity contribution in [1.82, 2.24) is 10.2 Å². The molecule has 1 saturated carbocycles. The van der Waals surface area contributed by atoms with Crippen LogP contribution in [-0.2, 0) is 10.2 Å². The predicted molar refractivity (Wildman–Crippen MR) is 87.7 cm³/mol. The first kappa shape index (κ1) is 16.1. The molecule has 1 heterocycles. The normalized spacial score (nSPS) is 20.1. The van der Waals surface area contributed by atoms with Crippen LogP contribution in [0.1, 0.15) is 31.2 Å². The van der Waals surface area contributed by atoms with E-state index in [0.29, 0.717) is 32.5 Å². The second kappa shape index (κ2) is 6.40. The van der Waals surface area contributed by atoms with Gasteiger partial charge >= 0.3 is 12.0 Å². The monoisotopic (exact) mass is 336 g/mol. The number of nitrogens with one attached hydrogen (secondary N) is 1. The zero-order chi connectivity index (χ0) is 16.4. The van der Waals surface area contributed by atoms with E-state index in [1.165, 1.54) is 0 Å². The number of aliphatic carboxylic acids is 1. The van der Waals surface area contributed by atoms with Crippen molar-refractivity contribution in [3.8, 4) is 0 Å². The summed E-state index contributed by atoms with van der Waals surface area (Å²) in [5.41, 5.74) is 1.07. The average molecular weight is 337 g/mol. The molecule has 0 aromatic heterocycles. The van der Waals surface area contributed by atoms with E-state index in [9.17, 15) is 9.59 Å². The number of carbonyl (C=O) groups is 2. The van der Waals surface area contributed by atoms with Crippen LogP contribution in [0.2, 0.25) is 5.02 Å². The Balaban J connectivity index is 1.54. The van der Waals surface area contributed by atoms with E-state index in [0.717, 1.165) is 23.4 Å². The highest BCUT2D eigenvalue weighted by atomic mass is 35.5. The first-order valence-corrected chi connectivity index (χ1v) is 8.40. The molecule has 2 amide bonds. The lowest BCUT2D eigenvalue weighted by atomic mass is 9.95. The van der Waals surface area contributed by atoms with Gasteiger partial charge in [0.1, 0.15) is 0 Å². The van der Waals surface area contributed by atoms with Crippen molar-refractivity contribution in [2.24, 2.45) is 5.92 Å². The standard InChI is InChI=1S/C17H21ClN2O3/c18-14-4-2-1-3-13(14)17(7-8-17)11-19-16(23)20-9-5-12(6-10-20)15(21)22/h1-4,12H,5-11H2,(H,19,23)(H,21,22).